The highest BCUT2D eigenvalue weighted by atomic mass is 35.5. The van der Waals surface area contributed by atoms with E-state index in [0.717, 1.165) is 12.0 Å². The number of nitrogens with two attached hydrogens (primary N) is 1. The van der Waals surface area contributed by atoms with E-state index >= 15 is 0 Å². The van der Waals surface area contributed by atoms with Crippen molar-refractivity contribution in [1.29, 1.82) is 0 Å². The zero-order valence-electron chi connectivity index (χ0n) is 8.43. The third kappa shape index (κ3) is 2.41. The molecule has 0 radical (unpaired) electrons. The molecular weight excluding hydrogens is 217 g/mol. The lowest BCUT2D eigenvalue weighted by Gasteiger charge is -2.20. The monoisotopic (exact) mass is 231 g/mol. The Morgan fingerprint density at radius 2 is 1.79 bits per heavy atom. The van der Waals surface area contributed by atoms with Gasteiger partial charge in [-0.2, -0.15) is 0 Å². The normalized spacial score (nSPS) is 15.2. The number of hydrogen-bond donors (Lipinski definition) is 1. The van der Waals surface area contributed by atoms with Gasteiger partial charge in [-0.15, -0.1) is 0 Å². The summed E-state index contributed by atoms with van der Waals surface area (Å²) in [6, 6.07) is 5.40. The average molecular weight is 232 g/mol. The van der Waals surface area contributed by atoms with Crippen LogP contribution < -0.4 is 5.73 Å². The highest BCUT2D eigenvalue weighted by molar-refractivity contribution is 6.36. The van der Waals surface area contributed by atoms with E-state index in [9.17, 15) is 0 Å². The summed E-state index contributed by atoms with van der Waals surface area (Å²) in [7, 11) is 0. The van der Waals surface area contributed by atoms with Crippen LogP contribution in [0.4, 0.5) is 0 Å². The molecule has 1 aromatic carbocycles. The first-order chi connectivity index (χ1) is 6.57. The largest absolute Gasteiger partial charge is 0.324 e. The van der Waals surface area contributed by atoms with Gasteiger partial charge in [-0.25, -0.2) is 0 Å². The van der Waals surface area contributed by atoms with E-state index in [4.69, 9.17) is 28.9 Å². The van der Waals surface area contributed by atoms with E-state index in [2.05, 4.69) is 13.8 Å². The van der Waals surface area contributed by atoms with Gasteiger partial charge in [-0.3, -0.25) is 0 Å². The Bertz CT molecular complexity index is 292. The molecule has 0 aliphatic carbocycles. The lowest BCUT2D eigenvalue weighted by atomic mass is 9.93. The highest BCUT2D eigenvalue weighted by Gasteiger charge is 2.18. The van der Waals surface area contributed by atoms with Gasteiger partial charge in [0.1, 0.15) is 0 Å². The number of benzene rings is 1. The third-order valence-electron chi connectivity index (χ3n) is 2.59. The van der Waals surface area contributed by atoms with Crippen LogP contribution in [0.3, 0.4) is 0 Å². The lowest BCUT2D eigenvalue weighted by Crippen LogP contribution is -2.19. The molecule has 0 bridgehead atoms. The fraction of sp³-hybridized carbons (Fsp3) is 0.455. The van der Waals surface area contributed by atoms with Gasteiger partial charge in [-0.1, -0.05) is 49.5 Å². The van der Waals surface area contributed by atoms with Crippen LogP contribution in [0.25, 0.3) is 0 Å². The fourth-order valence-electron chi connectivity index (χ4n) is 1.37. The molecule has 1 aromatic rings. The number of halogens is 2. The summed E-state index contributed by atoms with van der Waals surface area (Å²) in [5.74, 6) is 0.382. The number of hydrogen-bond acceptors (Lipinski definition) is 1. The second-order valence-corrected chi connectivity index (χ2v) is 4.36. The van der Waals surface area contributed by atoms with Gasteiger partial charge >= 0.3 is 0 Å². The van der Waals surface area contributed by atoms with Crippen LogP contribution in [0.1, 0.15) is 31.9 Å². The minimum absolute atomic E-state index is 0.0822. The molecule has 1 nitrogen and oxygen atoms in total. The van der Waals surface area contributed by atoms with Crippen LogP contribution in [0.2, 0.25) is 10.0 Å². The molecule has 0 saturated carbocycles. The van der Waals surface area contributed by atoms with Crippen molar-refractivity contribution in [3.8, 4) is 0 Å². The Balaban J connectivity index is 3.05. The summed E-state index contributed by atoms with van der Waals surface area (Å²) < 4.78 is 0. The molecule has 0 fully saturated rings. The number of rotatable bonds is 3. The van der Waals surface area contributed by atoms with Crippen LogP contribution in [-0.4, -0.2) is 0 Å². The van der Waals surface area contributed by atoms with E-state index in [1.54, 1.807) is 0 Å². The fourth-order valence-corrected chi connectivity index (χ4v) is 2.02. The van der Waals surface area contributed by atoms with Crippen LogP contribution >= 0.6 is 23.2 Å². The second-order valence-electron chi connectivity index (χ2n) is 3.55. The SMILES string of the molecule is CCC(C)C(N)c1c(Cl)cccc1Cl. The van der Waals surface area contributed by atoms with Gasteiger partial charge in [0.2, 0.25) is 0 Å². The molecule has 0 spiro atoms. The molecule has 0 saturated heterocycles. The maximum atomic E-state index is 6.08. The van der Waals surface area contributed by atoms with Gasteiger partial charge in [-0.05, 0) is 18.1 Å². The highest BCUT2D eigenvalue weighted by Crippen LogP contribution is 2.33. The van der Waals surface area contributed by atoms with E-state index in [1.807, 2.05) is 18.2 Å². The van der Waals surface area contributed by atoms with Gasteiger partial charge in [0.05, 0.1) is 0 Å². The minimum Gasteiger partial charge on any atom is -0.324 e. The molecule has 78 valence electrons. The summed E-state index contributed by atoms with van der Waals surface area (Å²) >= 11 is 12.1. The third-order valence-corrected chi connectivity index (χ3v) is 3.25. The van der Waals surface area contributed by atoms with Crippen molar-refractivity contribution < 1.29 is 0 Å². The first-order valence-electron chi connectivity index (χ1n) is 4.77. The van der Waals surface area contributed by atoms with Gasteiger partial charge in [0.25, 0.3) is 0 Å². The molecule has 0 amide bonds. The zero-order valence-corrected chi connectivity index (χ0v) is 9.94. The van der Waals surface area contributed by atoms with E-state index in [-0.39, 0.29) is 6.04 Å². The second kappa shape index (κ2) is 5.01. The summed E-state index contributed by atoms with van der Waals surface area (Å²) in [5, 5.41) is 1.32. The van der Waals surface area contributed by atoms with Crippen molar-refractivity contribution in [3.05, 3.63) is 33.8 Å². The predicted molar refractivity (Wildman–Crippen MR) is 62.8 cm³/mol. The summed E-state index contributed by atoms with van der Waals surface area (Å²) in [6.07, 6.45) is 1.02. The standard InChI is InChI=1S/C11H15Cl2N/c1-3-7(2)11(14)10-8(12)5-4-6-9(10)13/h4-7,11H,3,14H2,1-2H3. The topological polar surface area (TPSA) is 26.0 Å². The van der Waals surface area contributed by atoms with Crippen LogP contribution in [0, 0.1) is 5.92 Å². The van der Waals surface area contributed by atoms with E-state index < -0.39 is 0 Å². The molecule has 3 heteroatoms. The van der Waals surface area contributed by atoms with Gasteiger partial charge in [0.15, 0.2) is 0 Å². The quantitative estimate of drug-likeness (QED) is 0.836. The molecule has 0 heterocycles. The van der Waals surface area contributed by atoms with Crippen LogP contribution in [0.15, 0.2) is 18.2 Å². The predicted octanol–water partition coefficient (Wildman–Crippen LogP) is 4.04. The maximum absolute atomic E-state index is 6.08. The molecule has 2 atom stereocenters. The van der Waals surface area contributed by atoms with E-state index in [1.165, 1.54) is 0 Å². The summed E-state index contributed by atoms with van der Waals surface area (Å²) in [6.45, 7) is 4.21. The van der Waals surface area contributed by atoms with Crippen LogP contribution in [0.5, 0.6) is 0 Å². The average Bonchev–Trinajstić information content (AvgIpc) is 2.16. The summed E-state index contributed by atoms with van der Waals surface area (Å²) in [4.78, 5) is 0. The van der Waals surface area contributed by atoms with Crippen LogP contribution in [-0.2, 0) is 0 Å². The molecule has 0 aliphatic heterocycles. The Hall–Kier alpha value is -0.240. The molecule has 1 rings (SSSR count). The smallest absolute Gasteiger partial charge is 0.0468 e. The van der Waals surface area contributed by atoms with Gasteiger partial charge in [0, 0.05) is 21.7 Å². The Kier molecular flexibility index (Phi) is 4.24. The molecule has 0 aliphatic rings. The molecule has 0 aromatic heterocycles. The molecule has 2 N–H and O–H groups in total. The molecular formula is C11H15Cl2N. The van der Waals surface area contributed by atoms with Gasteiger partial charge < -0.3 is 5.73 Å². The Morgan fingerprint density at radius 1 is 1.29 bits per heavy atom. The minimum atomic E-state index is -0.0822. The lowest BCUT2D eigenvalue weighted by molar-refractivity contribution is 0.457. The van der Waals surface area contributed by atoms with Crippen molar-refractivity contribution in [1.82, 2.24) is 0 Å². The van der Waals surface area contributed by atoms with Crippen molar-refractivity contribution in [3.63, 3.8) is 0 Å². The van der Waals surface area contributed by atoms with Crippen molar-refractivity contribution >= 4 is 23.2 Å². The maximum Gasteiger partial charge on any atom is 0.0468 e. The summed E-state index contributed by atoms with van der Waals surface area (Å²) in [5.41, 5.74) is 6.95. The van der Waals surface area contributed by atoms with Crippen molar-refractivity contribution in [2.75, 3.05) is 0 Å². The Labute approximate surface area is 95.2 Å². The first-order valence-corrected chi connectivity index (χ1v) is 5.53. The molecule has 2 unspecified atom stereocenters. The van der Waals surface area contributed by atoms with Crippen molar-refractivity contribution in [2.24, 2.45) is 11.7 Å². The first kappa shape index (κ1) is 11.8. The van der Waals surface area contributed by atoms with Crippen molar-refractivity contribution in [2.45, 2.75) is 26.3 Å². The molecule has 14 heavy (non-hydrogen) atoms. The zero-order chi connectivity index (χ0) is 10.7. The van der Waals surface area contributed by atoms with E-state index in [0.29, 0.717) is 16.0 Å². The Morgan fingerprint density at radius 3 is 2.21 bits per heavy atom.